The van der Waals surface area contributed by atoms with Gasteiger partial charge in [0.1, 0.15) is 11.2 Å². The van der Waals surface area contributed by atoms with E-state index in [0.29, 0.717) is 0 Å². The Labute approximate surface area is 314 Å². The second-order valence-electron chi connectivity index (χ2n) is 13.7. The maximum Gasteiger partial charge on any atom is 0.135 e. The molecule has 1 heterocycles. The van der Waals surface area contributed by atoms with E-state index >= 15 is 0 Å². The zero-order valence-corrected chi connectivity index (χ0v) is 29.6. The fraction of sp³-hybridized carbons (Fsp3) is 0. The number of hydrogen-bond donors (Lipinski definition) is 0. The van der Waals surface area contributed by atoms with Gasteiger partial charge < -0.3 is 9.32 Å². The number of benzene rings is 9. The van der Waals surface area contributed by atoms with Crippen LogP contribution >= 0.6 is 0 Å². The van der Waals surface area contributed by atoms with Crippen molar-refractivity contribution < 1.29 is 4.42 Å². The van der Waals surface area contributed by atoms with E-state index in [1.807, 2.05) is 12.1 Å². The Morgan fingerprint density at radius 2 is 0.907 bits per heavy atom. The number of furan rings is 1. The predicted molar refractivity (Wildman–Crippen MR) is 228 cm³/mol. The highest BCUT2D eigenvalue weighted by Crippen LogP contribution is 2.48. The van der Waals surface area contributed by atoms with E-state index in [1.54, 1.807) is 0 Å². The minimum atomic E-state index is 0.903. The molecule has 0 saturated carbocycles. The van der Waals surface area contributed by atoms with Crippen molar-refractivity contribution in [1.82, 2.24) is 0 Å². The Kier molecular flexibility index (Phi) is 7.85. The van der Waals surface area contributed by atoms with E-state index in [4.69, 9.17) is 4.42 Å². The number of rotatable bonds is 7. The maximum absolute atomic E-state index is 6.14. The molecule has 2 nitrogen and oxygen atoms in total. The van der Waals surface area contributed by atoms with E-state index in [-0.39, 0.29) is 0 Å². The molecule has 10 rings (SSSR count). The Bertz CT molecular complexity index is 2920. The van der Waals surface area contributed by atoms with Gasteiger partial charge in [0.05, 0.1) is 5.69 Å². The normalized spacial score (nSPS) is 11.3. The Balaban J connectivity index is 1.19. The molecule has 0 spiro atoms. The summed E-state index contributed by atoms with van der Waals surface area (Å²) >= 11 is 0. The monoisotopic (exact) mass is 689 g/mol. The highest BCUT2D eigenvalue weighted by molar-refractivity contribution is 6.06. The fourth-order valence-electron chi connectivity index (χ4n) is 7.89. The van der Waals surface area contributed by atoms with Crippen LogP contribution in [0.15, 0.2) is 217 Å². The largest absolute Gasteiger partial charge is 0.456 e. The highest BCUT2D eigenvalue weighted by Gasteiger charge is 2.23. The van der Waals surface area contributed by atoms with Crippen LogP contribution in [0.5, 0.6) is 0 Å². The van der Waals surface area contributed by atoms with Crippen LogP contribution in [0.4, 0.5) is 17.1 Å². The summed E-state index contributed by atoms with van der Waals surface area (Å²) in [6, 6.07) is 76.1. The molecular formula is C52H35NO. The molecule has 9 aromatic carbocycles. The second kappa shape index (κ2) is 13.4. The van der Waals surface area contributed by atoms with Gasteiger partial charge >= 0.3 is 0 Å². The Morgan fingerprint density at radius 1 is 0.315 bits per heavy atom. The van der Waals surface area contributed by atoms with Gasteiger partial charge in [-0.25, -0.2) is 0 Å². The fourth-order valence-corrected chi connectivity index (χ4v) is 7.89. The lowest BCUT2D eigenvalue weighted by atomic mass is 9.87. The lowest BCUT2D eigenvalue weighted by Gasteiger charge is -2.30. The molecule has 0 saturated heterocycles. The Hall–Kier alpha value is -7.16. The third kappa shape index (κ3) is 5.62. The third-order valence-corrected chi connectivity index (χ3v) is 10.5. The number of hydrogen-bond acceptors (Lipinski definition) is 2. The maximum atomic E-state index is 6.14. The molecule has 0 aliphatic carbocycles. The van der Waals surface area contributed by atoms with Crippen molar-refractivity contribution in [1.29, 1.82) is 0 Å². The van der Waals surface area contributed by atoms with Crippen molar-refractivity contribution in [3.05, 3.63) is 212 Å². The van der Waals surface area contributed by atoms with E-state index in [0.717, 1.165) is 50.1 Å². The molecule has 0 bridgehead atoms. The van der Waals surface area contributed by atoms with E-state index in [2.05, 4.69) is 205 Å². The molecule has 54 heavy (non-hydrogen) atoms. The average Bonchev–Trinajstić information content (AvgIpc) is 3.63. The third-order valence-electron chi connectivity index (χ3n) is 10.5. The molecule has 0 unspecified atom stereocenters. The van der Waals surface area contributed by atoms with Gasteiger partial charge in [-0.2, -0.15) is 0 Å². The van der Waals surface area contributed by atoms with Crippen LogP contribution in [0.25, 0.3) is 77.2 Å². The first-order valence-corrected chi connectivity index (χ1v) is 18.4. The van der Waals surface area contributed by atoms with Crippen molar-refractivity contribution in [2.24, 2.45) is 0 Å². The molecule has 10 aromatic rings. The quantitative estimate of drug-likeness (QED) is 0.166. The molecule has 0 N–H and O–H groups in total. The van der Waals surface area contributed by atoms with Gasteiger partial charge in [0, 0.05) is 27.7 Å². The van der Waals surface area contributed by atoms with Crippen LogP contribution < -0.4 is 4.90 Å². The minimum absolute atomic E-state index is 0.903. The van der Waals surface area contributed by atoms with Gasteiger partial charge in [-0.3, -0.25) is 0 Å². The Morgan fingerprint density at radius 3 is 1.70 bits per heavy atom. The first-order valence-electron chi connectivity index (χ1n) is 18.4. The van der Waals surface area contributed by atoms with Gasteiger partial charge in [0.25, 0.3) is 0 Å². The summed E-state index contributed by atoms with van der Waals surface area (Å²) in [6.07, 6.45) is 0. The summed E-state index contributed by atoms with van der Waals surface area (Å²) in [7, 11) is 0. The number of anilines is 3. The lowest BCUT2D eigenvalue weighted by molar-refractivity contribution is 0.669. The smallest absolute Gasteiger partial charge is 0.135 e. The topological polar surface area (TPSA) is 16.4 Å². The molecule has 2 heteroatoms. The number of fused-ring (bicyclic) bond motifs is 4. The number of nitrogens with zero attached hydrogens (tertiary/aromatic N) is 1. The standard InChI is InChI=1S/C52H35NO/c1-3-15-38(16-4-1)44-20-9-10-22-47(44)52-45(39-17-5-2-6-18-39)23-13-24-49(52)53(43-32-28-36-14-7-8-19-40(36)34-43)42-30-26-37(27-31-42)41-29-33-51-48(35-41)46-21-11-12-25-50(46)54-51/h1-35H. The second-order valence-corrected chi connectivity index (χ2v) is 13.7. The molecule has 0 fully saturated rings. The van der Waals surface area contributed by atoms with Crippen LogP contribution in [0.1, 0.15) is 0 Å². The molecule has 254 valence electrons. The molecule has 0 radical (unpaired) electrons. The van der Waals surface area contributed by atoms with Gasteiger partial charge in [0.15, 0.2) is 0 Å². The summed E-state index contributed by atoms with van der Waals surface area (Å²) in [4.78, 5) is 2.42. The van der Waals surface area contributed by atoms with E-state index in [1.165, 1.54) is 44.2 Å². The molecule has 0 aliphatic heterocycles. The predicted octanol–water partition coefficient (Wildman–Crippen LogP) is 14.9. The average molecular weight is 690 g/mol. The van der Waals surface area contributed by atoms with Gasteiger partial charge in [-0.1, -0.05) is 164 Å². The molecular weight excluding hydrogens is 655 g/mol. The van der Waals surface area contributed by atoms with Gasteiger partial charge in [-0.15, -0.1) is 0 Å². The van der Waals surface area contributed by atoms with Crippen LogP contribution in [0, 0.1) is 0 Å². The lowest BCUT2D eigenvalue weighted by Crippen LogP contribution is -2.12. The first-order chi connectivity index (χ1) is 26.8. The van der Waals surface area contributed by atoms with E-state index < -0.39 is 0 Å². The van der Waals surface area contributed by atoms with Crippen molar-refractivity contribution >= 4 is 49.8 Å². The molecule has 0 aliphatic rings. The van der Waals surface area contributed by atoms with Crippen LogP contribution in [-0.4, -0.2) is 0 Å². The van der Waals surface area contributed by atoms with Crippen molar-refractivity contribution in [2.45, 2.75) is 0 Å². The van der Waals surface area contributed by atoms with Crippen LogP contribution in [-0.2, 0) is 0 Å². The van der Waals surface area contributed by atoms with Crippen LogP contribution in [0.2, 0.25) is 0 Å². The SMILES string of the molecule is c1ccc(-c2ccccc2-c2c(-c3ccccc3)cccc2N(c2ccc(-c3ccc4oc5ccccc5c4c3)cc2)c2ccc3ccccc3c2)cc1. The van der Waals surface area contributed by atoms with Crippen molar-refractivity contribution in [3.8, 4) is 44.5 Å². The van der Waals surface area contributed by atoms with Gasteiger partial charge in [0.2, 0.25) is 0 Å². The highest BCUT2D eigenvalue weighted by atomic mass is 16.3. The van der Waals surface area contributed by atoms with E-state index in [9.17, 15) is 0 Å². The molecule has 0 amide bonds. The zero-order chi connectivity index (χ0) is 35.8. The number of para-hydroxylation sites is 1. The summed E-state index contributed by atoms with van der Waals surface area (Å²) in [6.45, 7) is 0. The summed E-state index contributed by atoms with van der Waals surface area (Å²) in [5.41, 5.74) is 14.5. The van der Waals surface area contributed by atoms with Crippen LogP contribution in [0.3, 0.4) is 0 Å². The van der Waals surface area contributed by atoms with Gasteiger partial charge in [-0.05, 0) is 98.2 Å². The first kappa shape index (κ1) is 31.6. The zero-order valence-electron chi connectivity index (χ0n) is 29.6. The van der Waals surface area contributed by atoms with Crippen molar-refractivity contribution in [3.63, 3.8) is 0 Å². The molecule has 0 atom stereocenters. The molecule has 1 aromatic heterocycles. The summed E-state index contributed by atoms with van der Waals surface area (Å²) in [5, 5.41) is 4.67. The van der Waals surface area contributed by atoms with Crippen molar-refractivity contribution in [2.75, 3.05) is 4.90 Å². The summed E-state index contributed by atoms with van der Waals surface area (Å²) in [5.74, 6) is 0. The summed E-state index contributed by atoms with van der Waals surface area (Å²) < 4.78 is 6.14. The minimum Gasteiger partial charge on any atom is -0.456 e.